The maximum atomic E-state index is 12.1. The van der Waals surface area contributed by atoms with E-state index in [4.69, 9.17) is 5.73 Å². The SMILES string of the molecule is NCC#Cc1cncc(C(=O)NCC2CCCCS2)c1. The fourth-order valence-electron chi connectivity index (χ4n) is 2.06. The van der Waals surface area contributed by atoms with Crippen molar-refractivity contribution in [2.75, 3.05) is 18.8 Å². The quantitative estimate of drug-likeness (QED) is 0.826. The molecule has 1 aromatic heterocycles. The topological polar surface area (TPSA) is 68.0 Å². The minimum absolute atomic E-state index is 0.0833. The van der Waals surface area contributed by atoms with E-state index in [2.05, 4.69) is 22.1 Å². The van der Waals surface area contributed by atoms with Crippen molar-refractivity contribution in [2.24, 2.45) is 5.73 Å². The Bertz CT molecular complexity index is 515. The summed E-state index contributed by atoms with van der Waals surface area (Å²) in [5.41, 5.74) is 6.60. The molecule has 1 aromatic rings. The Morgan fingerprint density at radius 2 is 2.40 bits per heavy atom. The number of amides is 1. The van der Waals surface area contributed by atoms with Gasteiger partial charge in [-0.1, -0.05) is 18.3 Å². The summed E-state index contributed by atoms with van der Waals surface area (Å²) >= 11 is 1.95. The van der Waals surface area contributed by atoms with Gasteiger partial charge >= 0.3 is 0 Å². The average Bonchev–Trinajstić information content (AvgIpc) is 2.52. The van der Waals surface area contributed by atoms with Crippen molar-refractivity contribution in [3.05, 3.63) is 29.6 Å². The Morgan fingerprint density at radius 3 is 3.15 bits per heavy atom. The van der Waals surface area contributed by atoms with Gasteiger partial charge in [-0.05, 0) is 24.7 Å². The maximum absolute atomic E-state index is 12.1. The van der Waals surface area contributed by atoms with Crippen molar-refractivity contribution in [3.63, 3.8) is 0 Å². The van der Waals surface area contributed by atoms with E-state index in [0.29, 0.717) is 17.4 Å². The summed E-state index contributed by atoms with van der Waals surface area (Å²) in [6.45, 7) is 1.03. The van der Waals surface area contributed by atoms with Gasteiger partial charge in [-0.25, -0.2) is 0 Å². The molecule has 5 heteroatoms. The molecular weight excluding hydrogens is 270 g/mol. The van der Waals surface area contributed by atoms with Crippen LogP contribution in [0.15, 0.2) is 18.5 Å². The van der Waals surface area contributed by atoms with E-state index in [0.717, 1.165) is 12.1 Å². The fourth-order valence-corrected chi connectivity index (χ4v) is 3.30. The van der Waals surface area contributed by atoms with Crippen LogP contribution in [-0.2, 0) is 0 Å². The monoisotopic (exact) mass is 289 g/mol. The number of nitrogens with one attached hydrogen (secondary N) is 1. The number of carbonyl (C=O) groups is 1. The second-order valence-electron chi connectivity index (χ2n) is 4.67. The van der Waals surface area contributed by atoms with Gasteiger partial charge in [0, 0.05) is 29.8 Å². The van der Waals surface area contributed by atoms with Crippen LogP contribution in [0.5, 0.6) is 0 Å². The van der Waals surface area contributed by atoms with Crippen molar-refractivity contribution < 1.29 is 4.79 Å². The van der Waals surface area contributed by atoms with E-state index in [1.54, 1.807) is 18.5 Å². The van der Waals surface area contributed by atoms with E-state index < -0.39 is 0 Å². The number of pyridine rings is 1. The predicted octanol–water partition coefficient (Wildman–Crippen LogP) is 1.41. The number of nitrogens with two attached hydrogens (primary N) is 1. The highest BCUT2D eigenvalue weighted by Gasteiger charge is 2.15. The summed E-state index contributed by atoms with van der Waals surface area (Å²) < 4.78 is 0. The number of carbonyl (C=O) groups excluding carboxylic acids is 1. The van der Waals surface area contributed by atoms with Gasteiger partial charge in [0.25, 0.3) is 5.91 Å². The van der Waals surface area contributed by atoms with Gasteiger partial charge in [0.05, 0.1) is 12.1 Å². The summed E-state index contributed by atoms with van der Waals surface area (Å²) in [6, 6.07) is 1.75. The molecule has 1 saturated heterocycles. The van der Waals surface area contributed by atoms with Gasteiger partial charge in [0.2, 0.25) is 0 Å². The number of rotatable bonds is 3. The third kappa shape index (κ3) is 4.55. The lowest BCUT2D eigenvalue weighted by Gasteiger charge is -2.21. The van der Waals surface area contributed by atoms with Crippen molar-refractivity contribution in [1.29, 1.82) is 0 Å². The molecule has 106 valence electrons. The second kappa shape index (κ2) is 7.93. The minimum atomic E-state index is -0.0833. The molecule has 0 aliphatic carbocycles. The van der Waals surface area contributed by atoms with Gasteiger partial charge in [-0.3, -0.25) is 9.78 Å². The van der Waals surface area contributed by atoms with Crippen LogP contribution in [0.1, 0.15) is 35.2 Å². The lowest BCUT2D eigenvalue weighted by atomic mass is 10.1. The highest BCUT2D eigenvalue weighted by atomic mass is 32.2. The zero-order valence-corrected chi connectivity index (χ0v) is 12.2. The van der Waals surface area contributed by atoms with E-state index in [-0.39, 0.29) is 5.91 Å². The number of nitrogens with zero attached hydrogens (tertiary/aromatic N) is 1. The number of aromatic nitrogens is 1. The van der Waals surface area contributed by atoms with Crippen LogP contribution in [-0.4, -0.2) is 35.0 Å². The van der Waals surface area contributed by atoms with E-state index in [9.17, 15) is 4.79 Å². The van der Waals surface area contributed by atoms with Crippen LogP contribution in [0.4, 0.5) is 0 Å². The highest BCUT2D eigenvalue weighted by molar-refractivity contribution is 7.99. The van der Waals surface area contributed by atoms with Crippen LogP contribution in [0.2, 0.25) is 0 Å². The van der Waals surface area contributed by atoms with Crippen LogP contribution in [0.25, 0.3) is 0 Å². The molecule has 20 heavy (non-hydrogen) atoms. The van der Waals surface area contributed by atoms with E-state index >= 15 is 0 Å². The van der Waals surface area contributed by atoms with E-state index in [1.807, 2.05) is 11.8 Å². The molecule has 1 amide bonds. The molecule has 2 heterocycles. The summed E-state index contributed by atoms with van der Waals surface area (Å²) in [7, 11) is 0. The largest absolute Gasteiger partial charge is 0.351 e. The first-order valence-electron chi connectivity index (χ1n) is 6.83. The highest BCUT2D eigenvalue weighted by Crippen LogP contribution is 2.24. The average molecular weight is 289 g/mol. The summed E-state index contributed by atoms with van der Waals surface area (Å²) in [5.74, 6) is 6.76. The molecule has 3 N–H and O–H groups in total. The maximum Gasteiger partial charge on any atom is 0.252 e. The zero-order valence-electron chi connectivity index (χ0n) is 11.4. The Labute approximate surface area is 123 Å². The van der Waals surface area contributed by atoms with Gasteiger partial charge in [-0.15, -0.1) is 0 Å². The number of thioether (sulfide) groups is 1. The first-order chi connectivity index (χ1) is 9.79. The molecule has 2 rings (SSSR count). The molecule has 1 unspecified atom stereocenters. The fraction of sp³-hybridized carbons (Fsp3) is 0.467. The molecule has 0 radical (unpaired) electrons. The number of hydrogen-bond acceptors (Lipinski definition) is 4. The second-order valence-corrected chi connectivity index (χ2v) is 6.08. The van der Waals surface area contributed by atoms with Gasteiger partial charge < -0.3 is 11.1 Å². The Hall–Kier alpha value is -1.51. The lowest BCUT2D eigenvalue weighted by Crippen LogP contribution is -2.32. The van der Waals surface area contributed by atoms with Crippen molar-refractivity contribution in [1.82, 2.24) is 10.3 Å². The molecule has 1 aliphatic heterocycles. The lowest BCUT2D eigenvalue weighted by molar-refractivity contribution is 0.0953. The van der Waals surface area contributed by atoms with Crippen LogP contribution < -0.4 is 11.1 Å². The smallest absolute Gasteiger partial charge is 0.252 e. The van der Waals surface area contributed by atoms with Crippen molar-refractivity contribution >= 4 is 17.7 Å². The molecule has 0 saturated carbocycles. The van der Waals surface area contributed by atoms with Gasteiger partial charge in [-0.2, -0.15) is 11.8 Å². The normalized spacial score (nSPS) is 17.9. The first-order valence-corrected chi connectivity index (χ1v) is 7.88. The third-order valence-electron chi connectivity index (χ3n) is 3.10. The molecule has 1 atom stereocenters. The van der Waals surface area contributed by atoms with Crippen molar-refractivity contribution in [2.45, 2.75) is 24.5 Å². The number of hydrogen-bond donors (Lipinski definition) is 2. The molecule has 4 nitrogen and oxygen atoms in total. The summed E-state index contributed by atoms with van der Waals surface area (Å²) in [6.07, 6.45) is 6.94. The van der Waals surface area contributed by atoms with Crippen LogP contribution in [0.3, 0.4) is 0 Å². The third-order valence-corrected chi connectivity index (χ3v) is 4.50. The van der Waals surface area contributed by atoms with Crippen LogP contribution >= 0.6 is 11.8 Å². The van der Waals surface area contributed by atoms with E-state index in [1.165, 1.54) is 25.0 Å². The molecule has 1 fully saturated rings. The predicted molar refractivity (Wildman–Crippen MR) is 82.6 cm³/mol. The summed E-state index contributed by atoms with van der Waals surface area (Å²) in [4.78, 5) is 16.1. The molecular formula is C15H19N3OS. The van der Waals surface area contributed by atoms with Crippen LogP contribution in [0, 0.1) is 11.8 Å². The Balaban J connectivity index is 1.91. The summed E-state index contributed by atoms with van der Waals surface area (Å²) in [5, 5.41) is 3.52. The zero-order chi connectivity index (χ0) is 14.2. The molecule has 0 spiro atoms. The Morgan fingerprint density at radius 1 is 1.50 bits per heavy atom. The van der Waals surface area contributed by atoms with Crippen molar-refractivity contribution in [3.8, 4) is 11.8 Å². The van der Waals surface area contributed by atoms with Gasteiger partial charge in [0.15, 0.2) is 0 Å². The molecule has 1 aliphatic rings. The molecule has 0 aromatic carbocycles. The first kappa shape index (κ1) is 14.9. The van der Waals surface area contributed by atoms with Gasteiger partial charge in [0.1, 0.15) is 0 Å². The minimum Gasteiger partial charge on any atom is -0.351 e. The standard InChI is InChI=1S/C15H19N3OS/c16-6-3-4-12-8-13(10-17-9-12)15(19)18-11-14-5-1-2-7-20-14/h8-10,14H,1-2,5-7,11,16H2,(H,18,19). The molecule has 0 bridgehead atoms. The Kier molecular flexibility index (Phi) is 5.90.